The second kappa shape index (κ2) is 7.48. The lowest BCUT2D eigenvalue weighted by Gasteiger charge is -2.27. The number of fused-ring (bicyclic) bond motifs is 1. The van der Waals surface area contributed by atoms with Crippen LogP contribution in [0.25, 0.3) is 6.08 Å². The third-order valence-corrected chi connectivity index (χ3v) is 5.31. The first kappa shape index (κ1) is 16.5. The van der Waals surface area contributed by atoms with Gasteiger partial charge in [-0.3, -0.25) is 4.79 Å². The van der Waals surface area contributed by atoms with Gasteiger partial charge in [-0.05, 0) is 62.5 Å². The van der Waals surface area contributed by atoms with Crippen LogP contribution in [0, 0.1) is 0 Å². The summed E-state index contributed by atoms with van der Waals surface area (Å²) in [7, 11) is 0. The van der Waals surface area contributed by atoms with Crippen LogP contribution >= 0.6 is 0 Å². The van der Waals surface area contributed by atoms with Gasteiger partial charge in [0.2, 0.25) is 5.91 Å². The first-order valence-corrected chi connectivity index (χ1v) is 9.40. The van der Waals surface area contributed by atoms with E-state index in [1.807, 2.05) is 29.2 Å². The van der Waals surface area contributed by atoms with Crippen molar-refractivity contribution in [2.45, 2.75) is 31.7 Å². The fourth-order valence-corrected chi connectivity index (χ4v) is 4.01. The molecule has 5 heteroatoms. The molecular weight excluding hydrogens is 316 g/mol. The zero-order valence-electron chi connectivity index (χ0n) is 14.7. The smallest absolute Gasteiger partial charge is 0.246 e. The minimum absolute atomic E-state index is 0.122. The molecule has 1 unspecified atom stereocenters. The molecule has 0 aromatic heterocycles. The Labute approximate surface area is 149 Å². The third kappa shape index (κ3) is 3.82. The topological polar surface area (TPSA) is 42.0 Å². The van der Waals surface area contributed by atoms with E-state index in [0.29, 0.717) is 19.3 Å². The Hall–Kier alpha value is -2.01. The summed E-state index contributed by atoms with van der Waals surface area (Å²) >= 11 is 0. The van der Waals surface area contributed by atoms with Gasteiger partial charge < -0.3 is 19.3 Å². The molecule has 1 atom stereocenters. The van der Waals surface area contributed by atoms with Crippen LogP contribution in [0.1, 0.15) is 31.2 Å². The molecule has 1 amide bonds. The number of hydrogen-bond acceptors (Lipinski definition) is 4. The molecule has 134 valence electrons. The summed E-state index contributed by atoms with van der Waals surface area (Å²) in [6.45, 7) is 5.45. The normalized spacial score (nSPS) is 23.5. The van der Waals surface area contributed by atoms with Gasteiger partial charge in [0.1, 0.15) is 13.2 Å². The van der Waals surface area contributed by atoms with Crippen molar-refractivity contribution in [2.75, 3.05) is 39.4 Å². The van der Waals surface area contributed by atoms with Crippen molar-refractivity contribution in [3.05, 3.63) is 29.8 Å². The lowest BCUT2D eigenvalue weighted by molar-refractivity contribution is -0.127. The van der Waals surface area contributed by atoms with E-state index in [1.165, 1.54) is 25.9 Å². The highest BCUT2D eigenvalue weighted by Crippen LogP contribution is 2.31. The van der Waals surface area contributed by atoms with Crippen LogP contribution < -0.4 is 9.47 Å². The first-order valence-electron chi connectivity index (χ1n) is 9.40. The quantitative estimate of drug-likeness (QED) is 0.789. The van der Waals surface area contributed by atoms with Crippen molar-refractivity contribution >= 4 is 12.0 Å². The molecule has 0 N–H and O–H groups in total. The maximum atomic E-state index is 12.7. The Morgan fingerprint density at radius 2 is 1.88 bits per heavy atom. The van der Waals surface area contributed by atoms with Gasteiger partial charge in [-0.2, -0.15) is 0 Å². The number of hydrogen-bond donors (Lipinski definition) is 0. The average molecular weight is 342 g/mol. The van der Waals surface area contributed by atoms with Crippen LogP contribution in [0.15, 0.2) is 24.3 Å². The highest BCUT2D eigenvalue weighted by Gasteiger charge is 2.29. The predicted octanol–water partition coefficient (Wildman–Crippen LogP) is 2.56. The third-order valence-electron chi connectivity index (χ3n) is 5.31. The Bertz CT molecular complexity index is 652. The molecular formula is C20H26N2O3. The standard InChI is InChI=1S/C20H26N2O3/c23-20(22-11-3-4-17(22)15-21-9-1-2-10-21)8-6-16-5-7-18-19(14-16)25-13-12-24-18/h5-8,14,17H,1-4,9-13,15H2/b8-6+. The number of carbonyl (C=O) groups excluding carboxylic acids is 1. The highest BCUT2D eigenvalue weighted by molar-refractivity contribution is 5.92. The Morgan fingerprint density at radius 3 is 2.72 bits per heavy atom. The summed E-state index contributed by atoms with van der Waals surface area (Å²) < 4.78 is 11.1. The number of nitrogens with zero attached hydrogens (tertiary/aromatic N) is 2. The van der Waals surface area contributed by atoms with Gasteiger partial charge in [0.05, 0.1) is 0 Å². The second-order valence-electron chi connectivity index (χ2n) is 7.07. The fourth-order valence-electron chi connectivity index (χ4n) is 4.01. The molecule has 0 radical (unpaired) electrons. The van der Waals surface area contributed by atoms with E-state index in [2.05, 4.69) is 4.90 Å². The highest BCUT2D eigenvalue weighted by atomic mass is 16.6. The molecule has 0 saturated carbocycles. The van der Waals surface area contributed by atoms with Crippen LogP contribution in [-0.4, -0.2) is 61.1 Å². The van der Waals surface area contributed by atoms with Crippen molar-refractivity contribution in [3.8, 4) is 11.5 Å². The zero-order valence-corrected chi connectivity index (χ0v) is 14.7. The molecule has 3 aliphatic rings. The van der Waals surface area contributed by atoms with E-state index in [4.69, 9.17) is 9.47 Å². The Morgan fingerprint density at radius 1 is 1.08 bits per heavy atom. The lowest BCUT2D eigenvalue weighted by atomic mass is 10.1. The summed E-state index contributed by atoms with van der Waals surface area (Å²) in [6, 6.07) is 6.17. The summed E-state index contributed by atoms with van der Waals surface area (Å²) in [5, 5.41) is 0. The van der Waals surface area contributed by atoms with Crippen LogP contribution in [0.4, 0.5) is 0 Å². The van der Waals surface area contributed by atoms with Gasteiger partial charge in [0.25, 0.3) is 0 Å². The SMILES string of the molecule is O=C(/C=C/c1ccc2c(c1)OCCO2)N1CCCC1CN1CCCC1. The fraction of sp³-hybridized carbons (Fsp3) is 0.550. The number of ether oxygens (including phenoxy) is 2. The van der Waals surface area contributed by atoms with Gasteiger partial charge in [-0.1, -0.05) is 6.07 Å². The molecule has 25 heavy (non-hydrogen) atoms. The van der Waals surface area contributed by atoms with Crippen LogP contribution in [0.2, 0.25) is 0 Å². The van der Waals surface area contributed by atoms with E-state index in [-0.39, 0.29) is 5.91 Å². The second-order valence-corrected chi connectivity index (χ2v) is 7.07. The van der Waals surface area contributed by atoms with Crippen LogP contribution in [0.5, 0.6) is 11.5 Å². The van der Waals surface area contributed by atoms with Gasteiger partial charge in [-0.25, -0.2) is 0 Å². The first-order chi connectivity index (χ1) is 12.3. The number of likely N-dealkylation sites (tertiary alicyclic amines) is 2. The molecule has 2 fully saturated rings. The monoisotopic (exact) mass is 342 g/mol. The van der Waals surface area contributed by atoms with Gasteiger partial charge in [0.15, 0.2) is 11.5 Å². The van der Waals surface area contributed by atoms with Crippen molar-refractivity contribution in [3.63, 3.8) is 0 Å². The molecule has 3 aliphatic heterocycles. The summed E-state index contributed by atoms with van der Waals surface area (Å²) in [4.78, 5) is 17.2. The molecule has 4 rings (SSSR count). The molecule has 1 aromatic rings. The van der Waals surface area contributed by atoms with Crippen LogP contribution in [0.3, 0.4) is 0 Å². The minimum Gasteiger partial charge on any atom is -0.486 e. The molecule has 0 aliphatic carbocycles. The van der Waals surface area contributed by atoms with Crippen LogP contribution in [-0.2, 0) is 4.79 Å². The minimum atomic E-state index is 0.122. The van der Waals surface area contributed by atoms with E-state index in [9.17, 15) is 4.79 Å². The summed E-state index contributed by atoms with van der Waals surface area (Å²) in [5.41, 5.74) is 0.966. The Balaban J connectivity index is 1.39. The number of amides is 1. The predicted molar refractivity (Wildman–Crippen MR) is 96.9 cm³/mol. The van der Waals surface area contributed by atoms with Gasteiger partial charge in [0, 0.05) is 25.2 Å². The van der Waals surface area contributed by atoms with Crippen molar-refractivity contribution in [1.29, 1.82) is 0 Å². The maximum Gasteiger partial charge on any atom is 0.246 e. The molecule has 3 heterocycles. The van der Waals surface area contributed by atoms with Gasteiger partial charge in [-0.15, -0.1) is 0 Å². The van der Waals surface area contributed by atoms with Crippen molar-refractivity contribution < 1.29 is 14.3 Å². The summed E-state index contributed by atoms with van der Waals surface area (Å²) in [5.74, 6) is 1.66. The van der Waals surface area contributed by atoms with Crippen molar-refractivity contribution in [1.82, 2.24) is 9.80 Å². The molecule has 0 spiro atoms. The molecule has 0 bridgehead atoms. The van der Waals surface area contributed by atoms with E-state index in [0.717, 1.165) is 43.0 Å². The lowest BCUT2D eigenvalue weighted by Crippen LogP contribution is -2.41. The molecule has 2 saturated heterocycles. The molecule has 1 aromatic carbocycles. The largest absolute Gasteiger partial charge is 0.486 e. The zero-order chi connectivity index (χ0) is 17.1. The van der Waals surface area contributed by atoms with E-state index < -0.39 is 0 Å². The molecule has 5 nitrogen and oxygen atoms in total. The average Bonchev–Trinajstić information content (AvgIpc) is 3.32. The van der Waals surface area contributed by atoms with Gasteiger partial charge >= 0.3 is 0 Å². The summed E-state index contributed by atoms with van der Waals surface area (Å²) in [6.07, 6.45) is 8.41. The van der Waals surface area contributed by atoms with E-state index in [1.54, 1.807) is 6.08 Å². The number of benzene rings is 1. The number of carbonyl (C=O) groups is 1. The van der Waals surface area contributed by atoms with Crippen molar-refractivity contribution in [2.24, 2.45) is 0 Å². The number of rotatable bonds is 4. The Kier molecular flexibility index (Phi) is 4.92. The maximum absolute atomic E-state index is 12.7. The van der Waals surface area contributed by atoms with E-state index >= 15 is 0 Å².